The molecule has 0 aliphatic heterocycles. The molecule has 0 unspecified atom stereocenters. The highest BCUT2D eigenvalue weighted by molar-refractivity contribution is 7.13. The maximum atomic E-state index is 12.5. The van der Waals surface area contributed by atoms with E-state index in [-0.39, 0.29) is 5.91 Å². The summed E-state index contributed by atoms with van der Waals surface area (Å²) in [7, 11) is 0. The number of nitrogens with one attached hydrogen (secondary N) is 3. The number of carbonyl (C=O) groups excluding carboxylic acids is 1. The summed E-state index contributed by atoms with van der Waals surface area (Å²) >= 11 is 1.37. The molecule has 24 heavy (non-hydrogen) atoms. The van der Waals surface area contributed by atoms with Gasteiger partial charge in [0, 0.05) is 6.20 Å². The second-order valence-corrected chi connectivity index (χ2v) is 6.55. The number of anilines is 1. The normalized spacial score (nSPS) is 11.1. The van der Waals surface area contributed by atoms with Crippen LogP contribution in [0.3, 0.4) is 0 Å². The predicted octanol–water partition coefficient (Wildman–Crippen LogP) is 3.28. The van der Waals surface area contributed by atoms with Gasteiger partial charge in [0.25, 0.3) is 5.91 Å². The number of hydrogen-bond donors (Lipinski definition) is 3. The molecular formula is C16H14N6OS. The van der Waals surface area contributed by atoms with E-state index < -0.39 is 0 Å². The fraction of sp³-hybridized carbons (Fsp3) is 0.125. The SMILES string of the molecule is Cc1nc(C)c(C(=O)Nc2c[nH]nc2-c2nc3ccccc3[nH]2)s1. The van der Waals surface area contributed by atoms with Gasteiger partial charge in [-0.25, -0.2) is 9.97 Å². The Morgan fingerprint density at radius 1 is 1.21 bits per heavy atom. The van der Waals surface area contributed by atoms with E-state index in [1.54, 1.807) is 6.20 Å². The third-order valence-corrected chi connectivity index (χ3v) is 4.68. The van der Waals surface area contributed by atoms with E-state index in [0.29, 0.717) is 22.1 Å². The minimum absolute atomic E-state index is 0.197. The number of para-hydroxylation sites is 2. The average Bonchev–Trinajstić information content (AvgIpc) is 3.24. The van der Waals surface area contributed by atoms with Crippen LogP contribution in [0.15, 0.2) is 30.5 Å². The van der Waals surface area contributed by atoms with Crippen LogP contribution in [0.5, 0.6) is 0 Å². The van der Waals surface area contributed by atoms with Crippen molar-refractivity contribution >= 4 is 34.0 Å². The molecule has 0 saturated carbocycles. The molecule has 0 bridgehead atoms. The van der Waals surface area contributed by atoms with Crippen molar-refractivity contribution in [3.05, 3.63) is 46.0 Å². The molecule has 0 aliphatic rings. The van der Waals surface area contributed by atoms with Crippen molar-refractivity contribution in [1.82, 2.24) is 25.1 Å². The van der Waals surface area contributed by atoms with Gasteiger partial charge in [-0.15, -0.1) is 11.3 Å². The lowest BCUT2D eigenvalue weighted by molar-refractivity contribution is 0.103. The monoisotopic (exact) mass is 338 g/mol. The van der Waals surface area contributed by atoms with Gasteiger partial charge in [-0.05, 0) is 26.0 Å². The van der Waals surface area contributed by atoms with Crippen LogP contribution in [-0.2, 0) is 0 Å². The van der Waals surface area contributed by atoms with Crippen LogP contribution >= 0.6 is 11.3 Å². The zero-order valence-corrected chi connectivity index (χ0v) is 13.9. The standard InChI is InChI=1S/C16H14N6OS/c1-8-14(24-9(2)18-8)16(23)21-12-7-17-22-13(12)15-19-10-5-3-4-6-11(10)20-15/h3-7H,1-2H3,(H,17,22)(H,19,20)(H,21,23). The van der Waals surface area contributed by atoms with Crippen molar-refractivity contribution in [1.29, 1.82) is 0 Å². The number of imidazole rings is 1. The van der Waals surface area contributed by atoms with Crippen molar-refractivity contribution in [2.75, 3.05) is 5.32 Å². The van der Waals surface area contributed by atoms with Crippen LogP contribution in [0.25, 0.3) is 22.6 Å². The number of carbonyl (C=O) groups is 1. The van der Waals surface area contributed by atoms with Crippen LogP contribution < -0.4 is 5.32 Å². The maximum Gasteiger partial charge on any atom is 0.267 e. The Morgan fingerprint density at radius 3 is 2.79 bits per heavy atom. The van der Waals surface area contributed by atoms with E-state index in [4.69, 9.17) is 0 Å². The number of H-pyrrole nitrogens is 2. The van der Waals surface area contributed by atoms with Crippen molar-refractivity contribution in [3.63, 3.8) is 0 Å². The Kier molecular flexibility index (Phi) is 3.39. The van der Waals surface area contributed by atoms with Gasteiger partial charge in [-0.3, -0.25) is 9.89 Å². The van der Waals surface area contributed by atoms with Gasteiger partial charge in [-0.1, -0.05) is 12.1 Å². The molecule has 120 valence electrons. The number of benzene rings is 1. The summed E-state index contributed by atoms with van der Waals surface area (Å²) in [6.07, 6.45) is 1.64. The molecule has 0 aliphatic carbocycles. The molecule has 3 aromatic heterocycles. The first kappa shape index (κ1) is 14.6. The fourth-order valence-electron chi connectivity index (χ4n) is 2.55. The Bertz CT molecular complexity index is 1010. The molecule has 0 saturated heterocycles. The summed E-state index contributed by atoms with van der Waals surface area (Å²) in [5.41, 5.74) is 3.63. The Labute approximate surface area is 141 Å². The Balaban J connectivity index is 1.67. The number of amides is 1. The molecule has 3 N–H and O–H groups in total. The second-order valence-electron chi connectivity index (χ2n) is 5.35. The smallest absolute Gasteiger partial charge is 0.267 e. The number of fused-ring (bicyclic) bond motifs is 1. The first-order valence-electron chi connectivity index (χ1n) is 7.36. The zero-order chi connectivity index (χ0) is 16.7. The van der Waals surface area contributed by atoms with Gasteiger partial charge < -0.3 is 10.3 Å². The highest BCUT2D eigenvalue weighted by Crippen LogP contribution is 2.26. The van der Waals surface area contributed by atoms with Gasteiger partial charge in [0.1, 0.15) is 4.88 Å². The molecule has 8 heteroatoms. The van der Waals surface area contributed by atoms with E-state index in [1.807, 2.05) is 38.1 Å². The quantitative estimate of drug-likeness (QED) is 0.534. The van der Waals surface area contributed by atoms with Crippen LogP contribution in [0, 0.1) is 13.8 Å². The number of aromatic nitrogens is 5. The van der Waals surface area contributed by atoms with Crippen molar-refractivity contribution < 1.29 is 4.79 Å². The van der Waals surface area contributed by atoms with Crippen molar-refractivity contribution in [2.45, 2.75) is 13.8 Å². The maximum absolute atomic E-state index is 12.5. The predicted molar refractivity (Wildman–Crippen MR) is 93.2 cm³/mol. The van der Waals surface area contributed by atoms with Gasteiger partial charge >= 0.3 is 0 Å². The first-order chi connectivity index (χ1) is 11.6. The van der Waals surface area contributed by atoms with Crippen LogP contribution in [0.2, 0.25) is 0 Å². The second kappa shape index (κ2) is 5.57. The number of thiazole rings is 1. The largest absolute Gasteiger partial charge is 0.337 e. The summed E-state index contributed by atoms with van der Waals surface area (Å²) in [5, 5.41) is 10.7. The van der Waals surface area contributed by atoms with Crippen molar-refractivity contribution in [2.24, 2.45) is 0 Å². The zero-order valence-electron chi connectivity index (χ0n) is 13.0. The topological polar surface area (TPSA) is 99.3 Å². The van der Waals surface area contributed by atoms with E-state index in [9.17, 15) is 4.79 Å². The van der Waals surface area contributed by atoms with E-state index in [1.165, 1.54) is 11.3 Å². The lowest BCUT2D eigenvalue weighted by Crippen LogP contribution is -2.11. The molecule has 4 aromatic rings. The summed E-state index contributed by atoms with van der Waals surface area (Å²) in [5.74, 6) is 0.404. The third kappa shape index (κ3) is 2.46. The van der Waals surface area contributed by atoms with E-state index in [0.717, 1.165) is 21.7 Å². The number of nitrogens with zero attached hydrogens (tertiary/aromatic N) is 3. The molecule has 0 radical (unpaired) electrons. The van der Waals surface area contributed by atoms with Crippen molar-refractivity contribution in [3.8, 4) is 11.5 Å². The highest BCUT2D eigenvalue weighted by Gasteiger charge is 2.18. The Morgan fingerprint density at radius 2 is 2.04 bits per heavy atom. The molecule has 4 rings (SSSR count). The summed E-state index contributed by atoms with van der Waals surface area (Å²) in [4.78, 5) is 25.1. The summed E-state index contributed by atoms with van der Waals surface area (Å²) in [6.45, 7) is 3.71. The molecule has 7 nitrogen and oxygen atoms in total. The molecular weight excluding hydrogens is 324 g/mol. The van der Waals surface area contributed by atoms with E-state index in [2.05, 4.69) is 30.5 Å². The first-order valence-corrected chi connectivity index (χ1v) is 8.18. The Hall–Kier alpha value is -3.00. The summed E-state index contributed by atoms with van der Waals surface area (Å²) < 4.78 is 0. The van der Waals surface area contributed by atoms with Gasteiger partial charge in [0.05, 0.1) is 27.4 Å². The molecule has 3 heterocycles. The minimum atomic E-state index is -0.197. The van der Waals surface area contributed by atoms with E-state index >= 15 is 0 Å². The number of aryl methyl sites for hydroxylation is 2. The number of rotatable bonds is 3. The minimum Gasteiger partial charge on any atom is -0.337 e. The lowest BCUT2D eigenvalue weighted by Gasteiger charge is -2.02. The van der Waals surface area contributed by atoms with Crippen LogP contribution in [0.4, 0.5) is 5.69 Å². The average molecular weight is 338 g/mol. The highest BCUT2D eigenvalue weighted by atomic mass is 32.1. The fourth-order valence-corrected chi connectivity index (χ4v) is 3.37. The molecule has 1 amide bonds. The lowest BCUT2D eigenvalue weighted by atomic mass is 10.3. The van der Waals surface area contributed by atoms with Gasteiger partial charge in [0.15, 0.2) is 11.5 Å². The van der Waals surface area contributed by atoms with Gasteiger partial charge in [-0.2, -0.15) is 5.10 Å². The van der Waals surface area contributed by atoms with Gasteiger partial charge in [0.2, 0.25) is 0 Å². The third-order valence-electron chi connectivity index (χ3n) is 3.61. The number of hydrogen-bond acceptors (Lipinski definition) is 5. The molecule has 0 fully saturated rings. The summed E-state index contributed by atoms with van der Waals surface area (Å²) in [6, 6.07) is 7.73. The number of aromatic amines is 2. The molecule has 0 atom stereocenters. The van der Waals surface area contributed by atoms with Crippen LogP contribution in [-0.4, -0.2) is 31.1 Å². The van der Waals surface area contributed by atoms with Crippen LogP contribution in [0.1, 0.15) is 20.4 Å². The molecule has 1 aromatic carbocycles. The molecule has 0 spiro atoms.